The minimum atomic E-state index is 0.00418. The SMILES string of the molecule is Cc1ccc2nc(-c3ccc(NC(=O)CN4C[C@@H](C)O[C@H](C)C4)cc3)sc2c1. The highest BCUT2D eigenvalue weighted by atomic mass is 32.1. The molecule has 1 aliphatic heterocycles. The van der Waals surface area contributed by atoms with Gasteiger partial charge in [-0.1, -0.05) is 6.07 Å². The third-order valence-electron chi connectivity index (χ3n) is 4.82. The number of ether oxygens (including phenoxy) is 1. The van der Waals surface area contributed by atoms with Gasteiger partial charge in [-0.3, -0.25) is 9.69 Å². The maximum Gasteiger partial charge on any atom is 0.238 e. The average Bonchev–Trinajstić information content (AvgIpc) is 3.04. The van der Waals surface area contributed by atoms with Crippen molar-refractivity contribution in [3.05, 3.63) is 48.0 Å². The minimum absolute atomic E-state index is 0.00418. The fourth-order valence-corrected chi connectivity index (χ4v) is 4.74. The third kappa shape index (κ3) is 4.41. The van der Waals surface area contributed by atoms with Crippen LogP contribution in [0.4, 0.5) is 5.69 Å². The highest BCUT2D eigenvalue weighted by Crippen LogP contribution is 2.31. The Morgan fingerprint density at radius 2 is 1.89 bits per heavy atom. The van der Waals surface area contributed by atoms with Crippen molar-refractivity contribution >= 4 is 33.1 Å². The van der Waals surface area contributed by atoms with Crippen molar-refractivity contribution in [2.24, 2.45) is 0 Å². The van der Waals surface area contributed by atoms with E-state index in [1.807, 2.05) is 38.1 Å². The van der Waals surface area contributed by atoms with Crippen molar-refractivity contribution in [1.82, 2.24) is 9.88 Å². The molecule has 2 atom stereocenters. The first-order valence-electron chi connectivity index (χ1n) is 9.61. The lowest BCUT2D eigenvalue weighted by Crippen LogP contribution is -2.48. The van der Waals surface area contributed by atoms with Gasteiger partial charge in [-0.2, -0.15) is 0 Å². The fourth-order valence-electron chi connectivity index (χ4n) is 3.67. The maximum absolute atomic E-state index is 12.4. The summed E-state index contributed by atoms with van der Waals surface area (Å²) in [5.74, 6) is 0.00418. The van der Waals surface area contributed by atoms with Gasteiger partial charge in [-0.15, -0.1) is 11.3 Å². The van der Waals surface area contributed by atoms with E-state index < -0.39 is 0 Å². The summed E-state index contributed by atoms with van der Waals surface area (Å²) in [6.45, 7) is 8.14. The molecule has 1 aliphatic rings. The molecule has 0 bridgehead atoms. The van der Waals surface area contributed by atoms with Crippen LogP contribution in [0.15, 0.2) is 42.5 Å². The number of carbonyl (C=O) groups is 1. The quantitative estimate of drug-likeness (QED) is 0.715. The van der Waals surface area contributed by atoms with Crippen LogP contribution < -0.4 is 5.32 Å². The first kappa shape index (κ1) is 19.1. The molecule has 0 radical (unpaired) electrons. The number of anilines is 1. The van der Waals surface area contributed by atoms with Crippen LogP contribution >= 0.6 is 11.3 Å². The second-order valence-corrected chi connectivity index (χ2v) is 8.60. The van der Waals surface area contributed by atoms with Crippen LogP contribution in [0.25, 0.3) is 20.8 Å². The molecule has 1 amide bonds. The van der Waals surface area contributed by atoms with Crippen LogP contribution in [0.2, 0.25) is 0 Å². The highest BCUT2D eigenvalue weighted by molar-refractivity contribution is 7.21. The highest BCUT2D eigenvalue weighted by Gasteiger charge is 2.23. The fraction of sp³-hybridized carbons (Fsp3) is 0.364. The molecule has 28 heavy (non-hydrogen) atoms. The van der Waals surface area contributed by atoms with Gasteiger partial charge >= 0.3 is 0 Å². The second kappa shape index (κ2) is 7.99. The van der Waals surface area contributed by atoms with E-state index in [1.54, 1.807) is 11.3 Å². The molecule has 6 heteroatoms. The Kier molecular flexibility index (Phi) is 5.44. The van der Waals surface area contributed by atoms with Gasteiger partial charge in [0.2, 0.25) is 5.91 Å². The molecule has 2 aromatic carbocycles. The molecule has 1 N–H and O–H groups in total. The molecule has 0 saturated carbocycles. The normalized spacial score (nSPS) is 20.4. The summed E-state index contributed by atoms with van der Waals surface area (Å²) in [5, 5.41) is 3.99. The molecule has 146 valence electrons. The second-order valence-electron chi connectivity index (χ2n) is 7.57. The van der Waals surface area contributed by atoms with E-state index in [2.05, 4.69) is 35.3 Å². The largest absolute Gasteiger partial charge is 0.373 e. The van der Waals surface area contributed by atoms with E-state index in [4.69, 9.17) is 9.72 Å². The zero-order valence-corrected chi connectivity index (χ0v) is 17.3. The molecule has 1 aromatic heterocycles. The summed E-state index contributed by atoms with van der Waals surface area (Å²) in [6, 6.07) is 14.2. The minimum Gasteiger partial charge on any atom is -0.373 e. The molecule has 1 saturated heterocycles. The Morgan fingerprint density at radius 1 is 1.18 bits per heavy atom. The van der Waals surface area contributed by atoms with Crippen LogP contribution in [0, 0.1) is 6.92 Å². The number of thiazole rings is 1. The van der Waals surface area contributed by atoms with Gasteiger partial charge in [0, 0.05) is 24.3 Å². The first-order chi connectivity index (χ1) is 13.5. The van der Waals surface area contributed by atoms with Gasteiger partial charge in [-0.25, -0.2) is 4.98 Å². The molecule has 2 heterocycles. The third-order valence-corrected chi connectivity index (χ3v) is 5.89. The van der Waals surface area contributed by atoms with Crippen molar-refractivity contribution in [2.45, 2.75) is 33.0 Å². The van der Waals surface area contributed by atoms with Gasteiger partial charge in [0.15, 0.2) is 0 Å². The van der Waals surface area contributed by atoms with E-state index in [0.717, 1.165) is 34.9 Å². The Balaban J connectivity index is 1.40. The number of hydrogen-bond acceptors (Lipinski definition) is 5. The van der Waals surface area contributed by atoms with Gasteiger partial charge in [-0.05, 0) is 62.7 Å². The summed E-state index contributed by atoms with van der Waals surface area (Å²) in [6.07, 6.45) is 0.321. The number of hydrogen-bond donors (Lipinski definition) is 1. The molecule has 3 aromatic rings. The summed E-state index contributed by atoms with van der Waals surface area (Å²) in [7, 11) is 0. The summed E-state index contributed by atoms with van der Waals surface area (Å²) in [4.78, 5) is 19.3. The van der Waals surface area contributed by atoms with Crippen LogP contribution in [-0.2, 0) is 9.53 Å². The smallest absolute Gasteiger partial charge is 0.238 e. The summed E-state index contributed by atoms with van der Waals surface area (Å²) < 4.78 is 6.92. The lowest BCUT2D eigenvalue weighted by Gasteiger charge is -2.34. The number of aryl methyl sites for hydroxylation is 1. The monoisotopic (exact) mass is 395 g/mol. The number of rotatable bonds is 4. The number of nitrogens with one attached hydrogen (secondary N) is 1. The van der Waals surface area contributed by atoms with E-state index in [-0.39, 0.29) is 18.1 Å². The molecular weight excluding hydrogens is 370 g/mol. The lowest BCUT2D eigenvalue weighted by molar-refractivity contribution is -0.121. The van der Waals surface area contributed by atoms with Crippen molar-refractivity contribution in [2.75, 3.05) is 25.0 Å². The first-order valence-corrected chi connectivity index (χ1v) is 10.4. The summed E-state index contributed by atoms with van der Waals surface area (Å²) in [5.41, 5.74) is 4.13. The van der Waals surface area contributed by atoms with E-state index in [0.29, 0.717) is 6.54 Å². The van der Waals surface area contributed by atoms with Crippen molar-refractivity contribution in [3.8, 4) is 10.6 Å². The average molecular weight is 396 g/mol. The predicted octanol–water partition coefficient (Wildman–Crippen LogP) is 4.32. The standard InChI is InChI=1S/C22H25N3O2S/c1-14-4-9-19-20(10-14)28-22(24-19)17-5-7-18(8-6-17)23-21(26)13-25-11-15(2)27-16(3)12-25/h4-10,15-16H,11-13H2,1-3H3,(H,23,26)/t15-,16-/m1/s1. The number of amides is 1. The number of fused-ring (bicyclic) bond motifs is 1. The Hall–Kier alpha value is -2.28. The zero-order chi connectivity index (χ0) is 19.7. The number of nitrogens with zero attached hydrogens (tertiary/aromatic N) is 2. The van der Waals surface area contributed by atoms with Crippen LogP contribution in [0.3, 0.4) is 0 Å². The lowest BCUT2D eigenvalue weighted by atomic mass is 10.2. The summed E-state index contributed by atoms with van der Waals surface area (Å²) >= 11 is 1.69. The van der Waals surface area contributed by atoms with Gasteiger partial charge in [0.25, 0.3) is 0 Å². The maximum atomic E-state index is 12.4. The van der Waals surface area contributed by atoms with Crippen LogP contribution in [-0.4, -0.2) is 47.6 Å². The molecule has 1 fully saturated rings. The molecule has 0 aliphatic carbocycles. The van der Waals surface area contributed by atoms with Crippen molar-refractivity contribution < 1.29 is 9.53 Å². The Labute approximate surface area is 169 Å². The molecular formula is C22H25N3O2S. The van der Waals surface area contributed by atoms with Crippen molar-refractivity contribution in [1.29, 1.82) is 0 Å². The zero-order valence-electron chi connectivity index (χ0n) is 16.4. The Bertz CT molecular complexity index is 973. The number of aromatic nitrogens is 1. The molecule has 5 nitrogen and oxygen atoms in total. The Morgan fingerprint density at radius 3 is 2.61 bits per heavy atom. The number of morpholine rings is 1. The number of carbonyl (C=O) groups excluding carboxylic acids is 1. The van der Waals surface area contributed by atoms with Crippen LogP contribution in [0.5, 0.6) is 0 Å². The molecule has 0 spiro atoms. The van der Waals surface area contributed by atoms with E-state index >= 15 is 0 Å². The van der Waals surface area contributed by atoms with Gasteiger partial charge in [0.05, 0.1) is 29.0 Å². The van der Waals surface area contributed by atoms with Crippen molar-refractivity contribution in [3.63, 3.8) is 0 Å². The predicted molar refractivity (Wildman–Crippen MR) is 115 cm³/mol. The van der Waals surface area contributed by atoms with Crippen LogP contribution in [0.1, 0.15) is 19.4 Å². The molecule has 4 rings (SSSR count). The van der Waals surface area contributed by atoms with Gasteiger partial charge < -0.3 is 10.1 Å². The van der Waals surface area contributed by atoms with Gasteiger partial charge in [0.1, 0.15) is 5.01 Å². The molecule has 0 unspecified atom stereocenters. The van der Waals surface area contributed by atoms with E-state index in [9.17, 15) is 4.79 Å². The topological polar surface area (TPSA) is 54.5 Å². The van der Waals surface area contributed by atoms with E-state index in [1.165, 1.54) is 10.3 Å². The number of benzene rings is 2.